The van der Waals surface area contributed by atoms with E-state index in [1.54, 1.807) is 0 Å². The third kappa shape index (κ3) is 4.81. The fourth-order valence-corrected chi connectivity index (χ4v) is 4.17. The van der Waals surface area contributed by atoms with Crippen LogP contribution in [0.15, 0.2) is 23.1 Å². The van der Waals surface area contributed by atoms with Crippen LogP contribution in [0.2, 0.25) is 5.02 Å². The van der Waals surface area contributed by atoms with Gasteiger partial charge in [-0.1, -0.05) is 11.6 Å². The van der Waals surface area contributed by atoms with Gasteiger partial charge in [0, 0.05) is 17.1 Å². The van der Waals surface area contributed by atoms with Crippen LogP contribution >= 0.6 is 24.0 Å². The van der Waals surface area contributed by atoms with Gasteiger partial charge >= 0.3 is 5.97 Å². The lowest BCUT2D eigenvalue weighted by Crippen LogP contribution is -2.51. The summed E-state index contributed by atoms with van der Waals surface area (Å²) < 4.78 is 32.5. The van der Waals surface area contributed by atoms with E-state index in [1.165, 1.54) is 25.3 Å². The Balaban J connectivity index is 0.00000264. The molecule has 130 valence electrons. The van der Waals surface area contributed by atoms with Crippen LogP contribution in [0.1, 0.15) is 30.1 Å². The Morgan fingerprint density at radius 3 is 2.74 bits per heavy atom. The summed E-state index contributed by atoms with van der Waals surface area (Å²) in [4.78, 5) is 11.7. The number of methoxy groups -OCH3 is 1. The van der Waals surface area contributed by atoms with Crippen molar-refractivity contribution in [3.8, 4) is 0 Å². The molecule has 0 radical (unpaired) electrons. The minimum atomic E-state index is -3.84. The Kier molecular flexibility index (Phi) is 7.29. The summed E-state index contributed by atoms with van der Waals surface area (Å²) in [6.45, 7) is 2.79. The molecule has 0 spiro atoms. The number of nitrogens with one attached hydrogen (secondary N) is 2. The summed E-state index contributed by atoms with van der Waals surface area (Å²) in [5, 5.41) is 3.49. The summed E-state index contributed by atoms with van der Waals surface area (Å²) in [5.41, 5.74) is -0.0704. The van der Waals surface area contributed by atoms with Crippen LogP contribution in [0.25, 0.3) is 0 Å². The first-order valence-electron chi connectivity index (χ1n) is 6.98. The summed E-state index contributed by atoms with van der Waals surface area (Å²) >= 11 is 5.85. The predicted octanol–water partition coefficient (Wildman–Crippen LogP) is 1.97. The van der Waals surface area contributed by atoms with Gasteiger partial charge in [-0.15, -0.1) is 12.4 Å². The third-order valence-corrected chi connectivity index (χ3v) is 5.49. The van der Waals surface area contributed by atoms with Gasteiger partial charge in [0.25, 0.3) is 0 Å². The molecular formula is C14H20Cl2N2O4S. The van der Waals surface area contributed by atoms with Crippen molar-refractivity contribution in [1.82, 2.24) is 10.0 Å². The number of halogens is 2. The molecule has 0 aliphatic carbocycles. The number of carbonyl (C=O) groups is 1. The van der Waals surface area contributed by atoms with Gasteiger partial charge in [0.1, 0.15) is 0 Å². The van der Waals surface area contributed by atoms with Crippen LogP contribution in [-0.4, -0.2) is 40.1 Å². The third-order valence-electron chi connectivity index (χ3n) is 3.70. The topological polar surface area (TPSA) is 84.5 Å². The van der Waals surface area contributed by atoms with Gasteiger partial charge in [-0.05, 0) is 44.5 Å². The van der Waals surface area contributed by atoms with Crippen LogP contribution in [-0.2, 0) is 14.8 Å². The SMILES string of the molecule is COC(=O)c1cc(Cl)ccc1S(=O)(=O)NC1CCCNC1C.Cl. The van der Waals surface area contributed by atoms with Gasteiger partial charge in [-0.25, -0.2) is 17.9 Å². The van der Waals surface area contributed by atoms with E-state index in [1.807, 2.05) is 6.92 Å². The second-order valence-corrected chi connectivity index (χ2v) is 7.36. The van der Waals surface area contributed by atoms with Crippen molar-refractivity contribution in [1.29, 1.82) is 0 Å². The van der Waals surface area contributed by atoms with E-state index in [-0.39, 0.29) is 40.0 Å². The lowest BCUT2D eigenvalue weighted by Gasteiger charge is -2.30. The van der Waals surface area contributed by atoms with E-state index in [4.69, 9.17) is 11.6 Å². The molecule has 1 aliphatic heterocycles. The van der Waals surface area contributed by atoms with E-state index < -0.39 is 16.0 Å². The van der Waals surface area contributed by atoms with E-state index in [2.05, 4.69) is 14.8 Å². The molecular weight excluding hydrogens is 363 g/mol. The highest BCUT2D eigenvalue weighted by molar-refractivity contribution is 7.89. The molecule has 1 saturated heterocycles. The van der Waals surface area contributed by atoms with Crippen molar-refractivity contribution in [3.05, 3.63) is 28.8 Å². The molecule has 0 saturated carbocycles. The Hall–Kier alpha value is -0.860. The Labute approximate surface area is 147 Å². The van der Waals surface area contributed by atoms with E-state index >= 15 is 0 Å². The minimum Gasteiger partial charge on any atom is -0.465 e. The average Bonchev–Trinajstić information content (AvgIpc) is 2.48. The largest absolute Gasteiger partial charge is 0.465 e. The number of rotatable bonds is 4. The van der Waals surface area contributed by atoms with Crippen molar-refractivity contribution in [2.45, 2.75) is 36.7 Å². The molecule has 0 aromatic heterocycles. The number of esters is 1. The number of hydrogen-bond acceptors (Lipinski definition) is 5. The summed E-state index contributed by atoms with van der Waals surface area (Å²) in [7, 11) is -2.65. The summed E-state index contributed by atoms with van der Waals surface area (Å²) in [6.07, 6.45) is 1.64. The van der Waals surface area contributed by atoms with Crippen molar-refractivity contribution < 1.29 is 17.9 Å². The number of hydrogen-bond donors (Lipinski definition) is 2. The van der Waals surface area contributed by atoms with Gasteiger partial charge in [0.15, 0.2) is 0 Å². The first-order chi connectivity index (χ1) is 10.3. The van der Waals surface area contributed by atoms with E-state index in [0.717, 1.165) is 19.4 Å². The molecule has 2 rings (SSSR count). The van der Waals surface area contributed by atoms with Gasteiger partial charge in [-0.3, -0.25) is 0 Å². The number of carbonyl (C=O) groups excluding carboxylic acids is 1. The van der Waals surface area contributed by atoms with Crippen molar-refractivity contribution in [2.24, 2.45) is 0 Å². The second-order valence-electron chi connectivity index (χ2n) is 5.24. The zero-order valence-corrected chi connectivity index (χ0v) is 15.2. The molecule has 1 aromatic carbocycles. The van der Waals surface area contributed by atoms with Crippen LogP contribution in [0.4, 0.5) is 0 Å². The Morgan fingerprint density at radius 2 is 2.13 bits per heavy atom. The standard InChI is InChI=1S/C14H19ClN2O4S.ClH/c1-9-12(4-3-7-16-9)17-22(19,20)13-6-5-10(15)8-11(13)14(18)21-2;/h5-6,8-9,12,16-17H,3-4,7H2,1-2H3;1H. The highest BCUT2D eigenvalue weighted by atomic mass is 35.5. The Morgan fingerprint density at radius 1 is 1.43 bits per heavy atom. The molecule has 1 aliphatic rings. The summed E-state index contributed by atoms with van der Waals surface area (Å²) in [6, 6.07) is 3.85. The van der Waals surface area contributed by atoms with Crippen molar-refractivity contribution >= 4 is 40.0 Å². The smallest absolute Gasteiger partial charge is 0.339 e. The highest BCUT2D eigenvalue weighted by Gasteiger charge is 2.29. The number of piperidine rings is 1. The molecule has 0 amide bonds. The number of sulfonamides is 1. The second kappa shape index (κ2) is 8.30. The number of ether oxygens (including phenoxy) is 1. The van der Waals surface area contributed by atoms with Gasteiger partial charge in [0.05, 0.1) is 17.6 Å². The first kappa shape index (κ1) is 20.2. The molecule has 1 heterocycles. The van der Waals surface area contributed by atoms with Crippen molar-refractivity contribution in [3.63, 3.8) is 0 Å². The fraction of sp³-hybridized carbons (Fsp3) is 0.500. The maximum Gasteiger partial charge on any atom is 0.339 e. The predicted molar refractivity (Wildman–Crippen MR) is 90.8 cm³/mol. The lowest BCUT2D eigenvalue weighted by atomic mass is 10.0. The maximum atomic E-state index is 12.6. The molecule has 1 aromatic rings. The number of benzene rings is 1. The zero-order chi connectivity index (χ0) is 16.3. The molecule has 23 heavy (non-hydrogen) atoms. The van der Waals surface area contributed by atoms with Crippen LogP contribution in [0.3, 0.4) is 0 Å². The van der Waals surface area contributed by atoms with E-state index in [9.17, 15) is 13.2 Å². The van der Waals surface area contributed by atoms with Crippen LogP contribution < -0.4 is 10.0 Å². The average molecular weight is 383 g/mol. The minimum absolute atomic E-state index is 0. The monoisotopic (exact) mass is 382 g/mol. The van der Waals surface area contributed by atoms with Crippen molar-refractivity contribution in [2.75, 3.05) is 13.7 Å². The molecule has 2 unspecified atom stereocenters. The molecule has 2 atom stereocenters. The fourth-order valence-electron chi connectivity index (χ4n) is 2.47. The molecule has 2 N–H and O–H groups in total. The molecule has 9 heteroatoms. The lowest BCUT2D eigenvalue weighted by molar-refractivity contribution is 0.0596. The highest BCUT2D eigenvalue weighted by Crippen LogP contribution is 2.22. The normalized spacial score (nSPS) is 21.3. The van der Waals surface area contributed by atoms with Gasteiger partial charge < -0.3 is 10.1 Å². The zero-order valence-electron chi connectivity index (χ0n) is 12.8. The molecule has 0 bridgehead atoms. The van der Waals surface area contributed by atoms with Crippen LogP contribution in [0, 0.1) is 0 Å². The van der Waals surface area contributed by atoms with Gasteiger partial charge in [-0.2, -0.15) is 0 Å². The van der Waals surface area contributed by atoms with Gasteiger partial charge in [0.2, 0.25) is 10.0 Å². The Bertz CT molecular complexity index is 667. The maximum absolute atomic E-state index is 12.6. The summed E-state index contributed by atoms with van der Waals surface area (Å²) in [5.74, 6) is -0.738. The quantitative estimate of drug-likeness (QED) is 0.777. The first-order valence-corrected chi connectivity index (χ1v) is 8.85. The van der Waals surface area contributed by atoms with E-state index in [0.29, 0.717) is 0 Å². The molecule has 6 nitrogen and oxygen atoms in total. The molecule has 1 fully saturated rings. The van der Waals surface area contributed by atoms with Crippen LogP contribution in [0.5, 0.6) is 0 Å².